The fraction of sp³-hybridized carbons (Fsp3) is 0.294. The molecule has 0 radical (unpaired) electrons. The molecule has 23 heavy (non-hydrogen) atoms. The number of hydrogen-bond acceptors (Lipinski definition) is 3. The molecule has 1 aromatic heterocycles. The lowest BCUT2D eigenvalue weighted by Crippen LogP contribution is -2.45. The third kappa shape index (κ3) is 4.91. The van der Waals surface area contributed by atoms with Gasteiger partial charge in [0, 0.05) is 4.47 Å². The average Bonchev–Trinajstić information content (AvgIpc) is 3.07. The van der Waals surface area contributed by atoms with Crippen molar-refractivity contribution in [2.75, 3.05) is 0 Å². The number of nitrogens with one attached hydrogen (secondary N) is 2. The molecule has 2 atom stereocenters. The van der Waals surface area contributed by atoms with Crippen LogP contribution in [0.1, 0.15) is 41.5 Å². The van der Waals surface area contributed by atoms with Crippen molar-refractivity contribution < 1.29 is 9.59 Å². The second-order valence-corrected chi connectivity index (χ2v) is 7.06. The second kappa shape index (κ2) is 8.26. The van der Waals surface area contributed by atoms with Gasteiger partial charge in [0.05, 0.1) is 10.9 Å². The summed E-state index contributed by atoms with van der Waals surface area (Å²) in [7, 11) is 0. The van der Waals surface area contributed by atoms with Crippen LogP contribution < -0.4 is 10.6 Å². The molecule has 122 valence electrons. The van der Waals surface area contributed by atoms with E-state index in [2.05, 4.69) is 26.6 Å². The monoisotopic (exact) mass is 394 g/mol. The zero-order valence-corrected chi connectivity index (χ0v) is 15.4. The minimum atomic E-state index is -0.589. The van der Waals surface area contributed by atoms with Crippen molar-refractivity contribution in [3.63, 3.8) is 0 Å². The van der Waals surface area contributed by atoms with Crippen LogP contribution in [0.5, 0.6) is 0 Å². The zero-order valence-electron chi connectivity index (χ0n) is 13.0. The van der Waals surface area contributed by atoms with E-state index in [1.807, 2.05) is 42.6 Å². The smallest absolute Gasteiger partial charge is 0.261 e. The molecule has 0 aliphatic rings. The van der Waals surface area contributed by atoms with Crippen LogP contribution in [0.25, 0.3) is 0 Å². The first-order valence-corrected chi connectivity index (χ1v) is 9.08. The van der Waals surface area contributed by atoms with Gasteiger partial charge in [0.2, 0.25) is 5.91 Å². The Balaban J connectivity index is 1.96. The quantitative estimate of drug-likeness (QED) is 0.780. The highest BCUT2D eigenvalue weighted by atomic mass is 79.9. The third-order valence-electron chi connectivity index (χ3n) is 3.48. The van der Waals surface area contributed by atoms with Gasteiger partial charge in [0.1, 0.15) is 6.04 Å². The minimum Gasteiger partial charge on any atom is -0.348 e. The normalized spacial score (nSPS) is 13.2. The van der Waals surface area contributed by atoms with E-state index < -0.39 is 6.04 Å². The van der Waals surface area contributed by atoms with Crippen molar-refractivity contribution in [1.29, 1.82) is 0 Å². The molecular formula is C17H19BrN2O2S. The van der Waals surface area contributed by atoms with E-state index in [1.165, 1.54) is 11.3 Å². The molecule has 1 heterocycles. The molecule has 0 saturated heterocycles. The summed E-state index contributed by atoms with van der Waals surface area (Å²) in [6, 6.07) is 10.7. The van der Waals surface area contributed by atoms with Gasteiger partial charge in [-0.15, -0.1) is 11.3 Å². The van der Waals surface area contributed by atoms with Gasteiger partial charge in [-0.1, -0.05) is 41.1 Å². The highest BCUT2D eigenvalue weighted by Gasteiger charge is 2.20. The van der Waals surface area contributed by atoms with Crippen LogP contribution in [0.3, 0.4) is 0 Å². The molecule has 0 saturated carbocycles. The Hall–Kier alpha value is -1.66. The highest BCUT2D eigenvalue weighted by Crippen LogP contribution is 2.19. The molecule has 4 nitrogen and oxygen atoms in total. The predicted octanol–water partition coefficient (Wildman–Crippen LogP) is 3.90. The van der Waals surface area contributed by atoms with Gasteiger partial charge in [-0.3, -0.25) is 9.59 Å². The number of carbonyl (C=O) groups excluding carboxylic acids is 2. The number of halogens is 1. The molecule has 0 aliphatic carbocycles. The minimum absolute atomic E-state index is 0.0725. The van der Waals surface area contributed by atoms with Crippen molar-refractivity contribution in [3.8, 4) is 0 Å². The van der Waals surface area contributed by atoms with Crippen molar-refractivity contribution >= 4 is 39.1 Å². The molecule has 1 aromatic carbocycles. The largest absolute Gasteiger partial charge is 0.348 e. The lowest BCUT2D eigenvalue weighted by atomic mass is 10.0. The van der Waals surface area contributed by atoms with E-state index >= 15 is 0 Å². The van der Waals surface area contributed by atoms with Gasteiger partial charge >= 0.3 is 0 Å². The van der Waals surface area contributed by atoms with Crippen LogP contribution in [0.15, 0.2) is 46.3 Å². The van der Waals surface area contributed by atoms with E-state index in [4.69, 9.17) is 0 Å². The molecule has 2 N–H and O–H groups in total. The molecule has 0 aliphatic heterocycles. The van der Waals surface area contributed by atoms with Gasteiger partial charge in [0.15, 0.2) is 0 Å². The predicted molar refractivity (Wildman–Crippen MR) is 96.6 cm³/mol. The summed E-state index contributed by atoms with van der Waals surface area (Å²) >= 11 is 4.76. The molecule has 2 unspecified atom stereocenters. The highest BCUT2D eigenvalue weighted by molar-refractivity contribution is 9.10. The lowest BCUT2D eigenvalue weighted by Gasteiger charge is -2.21. The Morgan fingerprint density at radius 2 is 1.87 bits per heavy atom. The average molecular weight is 395 g/mol. The maximum atomic E-state index is 12.3. The Morgan fingerprint density at radius 3 is 2.43 bits per heavy atom. The van der Waals surface area contributed by atoms with Gasteiger partial charge < -0.3 is 10.6 Å². The van der Waals surface area contributed by atoms with Gasteiger partial charge in [-0.25, -0.2) is 0 Å². The maximum absolute atomic E-state index is 12.3. The molecule has 0 fully saturated rings. The number of amides is 2. The van der Waals surface area contributed by atoms with Crippen molar-refractivity contribution in [2.24, 2.45) is 0 Å². The fourth-order valence-electron chi connectivity index (χ4n) is 2.15. The lowest BCUT2D eigenvalue weighted by molar-refractivity contribution is -0.123. The Morgan fingerprint density at radius 1 is 1.17 bits per heavy atom. The molecule has 0 spiro atoms. The summed E-state index contributed by atoms with van der Waals surface area (Å²) in [6.45, 7) is 3.71. The van der Waals surface area contributed by atoms with Crippen LogP contribution >= 0.6 is 27.3 Å². The van der Waals surface area contributed by atoms with E-state index in [1.54, 1.807) is 13.0 Å². The van der Waals surface area contributed by atoms with Gasteiger partial charge in [-0.05, 0) is 42.5 Å². The van der Waals surface area contributed by atoms with Crippen molar-refractivity contribution in [1.82, 2.24) is 10.6 Å². The van der Waals surface area contributed by atoms with E-state index in [0.717, 1.165) is 16.5 Å². The first-order valence-electron chi connectivity index (χ1n) is 7.41. The molecule has 2 rings (SSSR count). The second-order valence-electron chi connectivity index (χ2n) is 5.19. The van der Waals surface area contributed by atoms with Crippen LogP contribution in [-0.2, 0) is 4.79 Å². The summed E-state index contributed by atoms with van der Waals surface area (Å²) < 4.78 is 0.999. The molecular weight excluding hydrogens is 376 g/mol. The van der Waals surface area contributed by atoms with Crippen LogP contribution in [0.4, 0.5) is 0 Å². The van der Waals surface area contributed by atoms with E-state index in [-0.39, 0.29) is 17.9 Å². The van der Waals surface area contributed by atoms with Crippen LogP contribution in [0, 0.1) is 0 Å². The van der Waals surface area contributed by atoms with Crippen LogP contribution in [0.2, 0.25) is 0 Å². The van der Waals surface area contributed by atoms with Crippen LogP contribution in [-0.4, -0.2) is 17.9 Å². The summed E-state index contributed by atoms with van der Waals surface area (Å²) in [5.41, 5.74) is 1.04. The summed E-state index contributed by atoms with van der Waals surface area (Å²) in [4.78, 5) is 24.9. The number of rotatable bonds is 6. The maximum Gasteiger partial charge on any atom is 0.261 e. The molecule has 2 amide bonds. The summed E-state index contributed by atoms with van der Waals surface area (Å²) in [5, 5.41) is 7.54. The third-order valence-corrected chi connectivity index (χ3v) is 4.88. The summed E-state index contributed by atoms with van der Waals surface area (Å²) in [5.74, 6) is -0.413. The van der Waals surface area contributed by atoms with E-state index in [9.17, 15) is 9.59 Å². The summed E-state index contributed by atoms with van der Waals surface area (Å²) in [6.07, 6.45) is 0.777. The SMILES string of the molecule is CCC(NC(=O)C(C)NC(=O)c1cccs1)c1ccc(Br)cc1. The number of hydrogen-bond donors (Lipinski definition) is 2. The Kier molecular flexibility index (Phi) is 6.36. The fourth-order valence-corrected chi connectivity index (χ4v) is 3.05. The van der Waals surface area contributed by atoms with Crippen molar-refractivity contribution in [2.45, 2.75) is 32.4 Å². The zero-order chi connectivity index (χ0) is 16.8. The number of benzene rings is 1. The van der Waals surface area contributed by atoms with Gasteiger partial charge in [-0.2, -0.15) is 0 Å². The van der Waals surface area contributed by atoms with Crippen molar-refractivity contribution in [3.05, 3.63) is 56.7 Å². The first kappa shape index (κ1) is 17.7. The number of thiophene rings is 1. The molecule has 6 heteroatoms. The molecule has 0 bridgehead atoms. The Labute approximate surface area is 148 Å². The standard InChI is InChI=1S/C17H19BrN2O2S/c1-3-14(12-6-8-13(18)9-7-12)20-16(21)11(2)19-17(22)15-5-4-10-23-15/h4-11,14H,3H2,1-2H3,(H,19,22)(H,20,21). The topological polar surface area (TPSA) is 58.2 Å². The van der Waals surface area contributed by atoms with E-state index in [0.29, 0.717) is 4.88 Å². The molecule has 2 aromatic rings. The number of carbonyl (C=O) groups is 2. The Bertz CT molecular complexity index is 656. The van der Waals surface area contributed by atoms with Gasteiger partial charge in [0.25, 0.3) is 5.91 Å². The first-order chi connectivity index (χ1) is 11.0.